The van der Waals surface area contributed by atoms with E-state index in [1.807, 2.05) is 31.2 Å². The highest BCUT2D eigenvalue weighted by Gasteiger charge is 2.28. The molecule has 2 aromatic carbocycles. The third-order valence-corrected chi connectivity index (χ3v) is 5.45. The number of aryl methyl sites for hydroxylation is 2. The first kappa shape index (κ1) is 21.0. The van der Waals surface area contributed by atoms with Crippen LogP contribution in [-0.2, 0) is 6.42 Å². The van der Waals surface area contributed by atoms with Gasteiger partial charge in [0.2, 0.25) is 5.95 Å². The Morgan fingerprint density at radius 2 is 1.97 bits per heavy atom. The molecule has 32 heavy (non-hydrogen) atoms. The lowest BCUT2D eigenvalue weighted by Crippen LogP contribution is -2.17. The second-order valence-corrected chi connectivity index (χ2v) is 7.54. The minimum Gasteiger partial charge on any atom is -0.495 e. The topological polar surface area (TPSA) is 74.1 Å². The van der Waals surface area contributed by atoms with E-state index in [0.29, 0.717) is 11.5 Å². The molecule has 1 N–H and O–H groups in total. The van der Waals surface area contributed by atoms with Gasteiger partial charge in [0.15, 0.2) is 0 Å². The van der Waals surface area contributed by atoms with Crippen molar-refractivity contribution < 1.29 is 4.74 Å². The average Bonchev–Trinajstić information content (AvgIpc) is 3.21. The van der Waals surface area contributed by atoms with Gasteiger partial charge in [-0.2, -0.15) is 10.2 Å². The third kappa shape index (κ3) is 3.99. The number of anilines is 4. The van der Waals surface area contributed by atoms with Gasteiger partial charge in [0.1, 0.15) is 11.6 Å². The van der Waals surface area contributed by atoms with Crippen LogP contribution in [0.15, 0.2) is 42.5 Å². The SMILES string of the molecule is C#C/C=C/c1cc(C)c(N2CCc3c(C)nc(Nc4ccc(C#N)cc4)nc32)c(OC)c1. The summed E-state index contributed by atoms with van der Waals surface area (Å²) in [5.41, 5.74) is 6.56. The van der Waals surface area contributed by atoms with E-state index in [2.05, 4.69) is 40.2 Å². The number of ether oxygens (including phenoxy) is 1. The Morgan fingerprint density at radius 3 is 2.66 bits per heavy atom. The maximum Gasteiger partial charge on any atom is 0.229 e. The van der Waals surface area contributed by atoms with E-state index in [0.717, 1.165) is 58.3 Å². The molecule has 4 rings (SSSR count). The lowest BCUT2D eigenvalue weighted by molar-refractivity contribution is 0.415. The zero-order valence-corrected chi connectivity index (χ0v) is 18.3. The molecule has 158 valence electrons. The van der Waals surface area contributed by atoms with Gasteiger partial charge >= 0.3 is 0 Å². The number of hydrogen-bond donors (Lipinski definition) is 1. The number of nitriles is 1. The number of aromatic nitrogens is 2. The Balaban J connectivity index is 1.73. The number of allylic oxidation sites excluding steroid dienone is 1. The first-order valence-electron chi connectivity index (χ1n) is 10.3. The van der Waals surface area contributed by atoms with Crippen molar-refractivity contribution in [1.29, 1.82) is 5.26 Å². The first-order chi connectivity index (χ1) is 15.5. The summed E-state index contributed by atoms with van der Waals surface area (Å²) in [5, 5.41) is 12.3. The zero-order chi connectivity index (χ0) is 22.7. The Labute approximate surface area is 188 Å². The average molecular weight is 422 g/mol. The van der Waals surface area contributed by atoms with Crippen LogP contribution in [0.3, 0.4) is 0 Å². The van der Waals surface area contributed by atoms with Crippen LogP contribution < -0.4 is 15.0 Å². The van der Waals surface area contributed by atoms with Crippen LogP contribution >= 0.6 is 0 Å². The molecule has 0 spiro atoms. The third-order valence-electron chi connectivity index (χ3n) is 5.45. The molecule has 6 heteroatoms. The van der Waals surface area contributed by atoms with E-state index in [-0.39, 0.29) is 0 Å². The van der Waals surface area contributed by atoms with Crippen molar-refractivity contribution in [3.63, 3.8) is 0 Å². The van der Waals surface area contributed by atoms with Crippen molar-refractivity contribution in [2.45, 2.75) is 20.3 Å². The molecule has 0 aliphatic carbocycles. The van der Waals surface area contributed by atoms with Gasteiger partial charge in [-0.3, -0.25) is 0 Å². The molecular weight excluding hydrogens is 398 g/mol. The lowest BCUT2D eigenvalue weighted by Gasteiger charge is -2.24. The fourth-order valence-corrected chi connectivity index (χ4v) is 3.97. The van der Waals surface area contributed by atoms with Crippen LogP contribution in [0.2, 0.25) is 0 Å². The highest BCUT2D eigenvalue weighted by Crippen LogP contribution is 2.42. The molecule has 6 nitrogen and oxygen atoms in total. The van der Waals surface area contributed by atoms with Gasteiger partial charge in [0.25, 0.3) is 0 Å². The number of nitrogens with one attached hydrogen (secondary N) is 1. The maximum absolute atomic E-state index is 9.00. The number of rotatable bonds is 5. The van der Waals surface area contributed by atoms with Gasteiger partial charge in [-0.1, -0.05) is 5.92 Å². The summed E-state index contributed by atoms with van der Waals surface area (Å²) in [6, 6.07) is 13.4. The lowest BCUT2D eigenvalue weighted by atomic mass is 10.1. The van der Waals surface area contributed by atoms with E-state index in [9.17, 15) is 0 Å². The molecule has 0 unspecified atom stereocenters. The quantitative estimate of drug-likeness (QED) is 0.581. The summed E-state index contributed by atoms with van der Waals surface area (Å²) >= 11 is 0. The second-order valence-electron chi connectivity index (χ2n) is 7.54. The zero-order valence-electron chi connectivity index (χ0n) is 18.3. The van der Waals surface area contributed by atoms with Crippen molar-refractivity contribution in [1.82, 2.24) is 9.97 Å². The number of terminal acetylenes is 1. The molecule has 0 amide bonds. The molecule has 1 aromatic heterocycles. The van der Waals surface area contributed by atoms with Crippen molar-refractivity contribution in [2.24, 2.45) is 0 Å². The highest BCUT2D eigenvalue weighted by molar-refractivity contribution is 5.77. The smallest absolute Gasteiger partial charge is 0.229 e. The molecular formula is C26H23N5O. The number of hydrogen-bond acceptors (Lipinski definition) is 6. The number of fused-ring (bicyclic) bond motifs is 1. The first-order valence-corrected chi connectivity index (χ1v) is 10.3. The van der Waals surface area contributed by atoms with Crippen molar-refractivity contribution in [3.8, 4) is 24.2 Å². The number of benzene rings is 2. The summed E-state index contributed by atoms with van der Waals surface area (Å²) < 4.78 is 5.74. The van der Waals surface area contributed by atoms with Crippen LogP contribution in [0.1, 0.15) is 27.9 Å². The van der Waals surface area contributed by atoms with Gasteiger partial charge in [0.05, 0.1) is 24.4 Å². The molecule has 0 saturated carbocycles. The minimum atomic E-state index is 0.517. The van der Waals surface area contributed by atoms with E-state index < -0.39 is 0 Å². The van der Waals surface area contributed by atoms with E-state index >= 15 is 0 Å². The van der Waals surface area contributed by atoms with E-state index in [4.69, 9.17) is 21.4 Å². The van der Waals surface area contributed by atoms with Gasteiger partial charge < -0.3 is 15.0 Å². The maximum atomic E-state index is 9.00. The van der Waals surface area contributed by atoms with Gasteiger partial charge in [-0.15, -0.1) is 6.42 Å². The predicted octanol–water partition coefficient (Wildman–Crippen LogP) is 5.06. The Morgan fingerprint density at radius 1 is 1.19 bits per heavy atom. The van der Waals surface area contributed by atoms with Gasteiger partial charge in [-0.05, 0) is 79.9 Å². The van der Waals surface area contributed by atoms with Crippen molar-refractivity contribution in [2.75, 3.05) is 23.9 Å². The molecule has 1 aliphatic rings. The van der Waals surface area contributed by atoms with Crippen LogP contribution in [0.5, 0.6) is 5.75 Å². The molecule has 0 fully saturated rings. The monoisotopic (exact) mass is 421 g/mol. The Hall–Kier alpha value is -4.29. The standard InChI is InChI=1S/C26H23N5O/c1-5-6-7-20-14-17(2)24(23(15-20)32-4)31-13-12-22-18(3)28-26(30-25(22)31)29-21-10-8-19(16-27)9-11-21/h1,6-11,14-15H,12-13H2,2-4H3,(H,28,29,30)/b7-6+. The predicted molar refractivity (Wildman–Crippen MR) is 128 cm³/mol. The van der Waals surface area contributed by atoms with Crippen LogP contribution in [0, 0.1) is 37.5 Å². The molecule has 2 heterocycles. The van der Waals surface area contributed by atoms with Crippen LogP contribution in [0.4, 0.5) is 23.1 Å². The minimum absolute atomic E-state index is 0.517. The Bertz CT molecular complexity index is 1280. The fraction of sp³-hybridized carbons (Fsp3) is 0.192. The summed E-state index contributed by atoms with van der Waals surface area (Å²) in [5.74, 6) is 4.69. The summed E-state index contributed by atoms with van der Waals surface area (Å²) in [7, 11) is 1.67. The number of nitrogens with zero attached hydrogens (tertiary/aromatic N) is 4. The van der Waals surface area contributed by atoms with Crippen LogP contribution in [0.25, 0.3) is 6.08 Å². The molecule has 0 atom stereocenters. The fourth-order valence-electron chi connectivity index (χ4n) is 3.97. The normalized spacial score (nSPS) is 12.3. The molecule has 0 bridgehead atoms. The van der Waals surface area contributed by atoms with Crippen molar-refractivity contribution >= 4 is 29.2 Å². The largest absolute Gasteiger partial charge is 0.495 e. The van der Waals surface area contributed by atoms with Crippen molar-refractivity contribution in [3.05, 3.63) is 70.4 Å². The summed E-state index contributed by atoms with van der Waals surface area (Å²) in [6.07, 6.45) is 9.78. The van der Waals surface area contributed by atoms with Gasteiger partial charge in [0, 0.05) is 23.5 Å². The summed E-state index contributed by atoms with van der Waals surface area (Å²) in [4.78, 5) is 11.7. The van der Waals surface area contributed by atoms with E-state index in [1.165, 1.54) is 0 Å². The van der Waals surface area contributed by atoms with Crippen LogP contribution in [-0.4, -0.2) is 23.6 Å². The highest BCUT2D eigenvalue weighted by atomic mass is 16.5. The molecule has 3 aromatic rings. The second kappa shape index (κ2) is 8.83. The van der Waals surface area contributed by atoms with E-state index in [1.54, 1.807) is 25.3 Å². The van der Waals surface area contributed by atoms with Gasteiger partial charge in [-0.25, -0.2) is 4.98 Å². The molecule has 0 radical (unpaired) electrons. The number of methoxy groups -OCH3 is 1. The Kier molecular flexibility index (Phi) is 5.79. The molecule has 0 saturated heterocycles. The molecule has 1 aliphatic heterocycles. The summed E-state index contributed by atoms with van der Waals surface area (Å²) in [6.45, 7) is 4.86.